The van der Waals surface area contributed by atoms with Gasteiger partial charge in [-0.3, -0.25) is 0 Å². The zero-order chi connectivity index (χ0) is 11.6. The van der Waals surface area contributed by atoms with Gasteiger partial charge in [-0.05, 0) is 0 Å². The number of aryl methyl sites for hydroxylation is 1. The van der Waals surface area contributed by atoms with E-state index in [1.165, 1.54) is 0 Å². The molecule has 0 fully saturated rings. The average Bonchev–Trinajstić information content (AvgIpc) is 2.13. The quantitative estimate of drug-likeness (QED) is 0.792. The molecule has 0 spiro atoms. The Kier molecular flexibility index (Phi) is 4.23. The van der Waals surface area contributed by atoms with Crippen LogP contribution in [-0.2, 0) is 7.02 Å². The molecular formula is C11H18O2SSn. The molecule has 0 saturated carbocycles. The fourth-order valence-electron chi connectivity index (χ4n) is 1.65. The topological polar surface area (TPSA) is 34.1 Å². The van der Waals surface area contributed by atoms with Crippen molar-refractivity contribution in [2.24, 2.45) is 0 Å². The third-order valence-corrected chi connectivity index (χ3v) is 15.6. The number of hydrogen-bond acceptors (Lipinski definition) is 2. The molecule has 1 rings (SSSR count). The summed E-state index contributed by atoms with van der Waals surface area (Å²) < 4.78 is 24.9. The van der Waals surface area contributed by atoms with Crippen molar-refractivity contribution in [2.75, 3.05) is 0 Å². The Morgan fingerprint density at radius 2 is 1.73 bits per heavy atom. The van der Waals surface area contributed by atoms with Gasteiger partial charge in [0.05, 0.1) is 0 Å². The van der Waals surface area contributed by atoms with E-state index in [0.717, 1.165) is 21.1 Å². The first-order chi connectivity index (χ1) is 6.90. The second-order valence-corrected chi connectivity index (χ2v) is 18.9. The maximum absolute atomic E-state index is 12.0. The molecule has 0 saturated heterocycles. The number of hydrogen-bond donors (Lipinski definition) is 0. The summed E-state index contributed by atoms with van der Waals surface area (Å²) in [5, 5.41) is 0. The first-order valence-corrected chi connectivity index (χ1v) is 14.6. The van der Waals surface area contributed by atoms with Gasteiger partial charge in [-0.15, -0.1) is 0 Å². The van der Waals surface area contributed by atoms with Crippen LogP contribution in [0.15, 0.2) is 17.0 Å². The summed E-state index contributed by atoms with van der Waals surface area (Å²) >= 11 is -1.67. The molecule has 0 unspecified atom stereocenters. The molecule has 0 aromatic heterocycles. The van der Waals surface area contributed by atoms with E-state index in [1.54, 1.807) is 6.07 Å². The number of benzene rings is 1. The van der Waals surface area contributed by atoms with E-state index >= 15 is 0 Å². The van der Waals surface area contributed by atoms with Crippen LogP contribution < -0.4 is 0 Å². The fraction of sp³-hybridized carbons (Fsp3) is 0.455. The first-order valence-electron chi connectivity index (χ1n) is 5.19. The van der Waals surface area contributed by atoms with Crippen LogP contribution in [0.1, 0.15) is 23.6 Å². The van der Waals surface area contributed by atoms with Crippen molar-refractivity contribution in [1.29, 1.82) is 0 Å². The molecule has 4 heteroatoms. The SMILES string of the molecule is C[CH2][SnH2][S](=O)(=O)c1ccc(C)c(C)c1C. The summed E-state index contributed by atoms with van der Waals surface area (Å²) in [5.41, 5.74) is 3.22. The third kappa shape index (κ3) is 2.75. The molecule has 2 nitrogen and oxygen atoms in total. The monoisotopic (exact) mass is 334 g/mol. The van der Waals surface area contributed by atoms with Crippen molar-refractivity contribution >= 4 is 26.8 Å². The van der Waals surface area contributed by atoms with E-state index < -0.39 is 26.8 Å². The Bertz CT molecular complexity index is 464. The molecule has 0 aliphatic carbocycles. The Balaban J connectivity index is 3.34. The maximum atomic E-state index is 12.0. The Hall–Kier alpha value is -0.0313. The molecule has 0 bridgehead atoms. The van der Waals surface area contributed by atoms with Crippen LogP contribution in [0, 0.1) is 20.8 Å². The summed E-state index contributed by atoms with van der Waals surface area (Å²) in [4.78, 5) is 0.586. The molecule has 0 aliphatic heterocycles. The van der Waals surface area contributed by atoms with Crippen molar-refractivity contribution in [3.63, 3.8) is 0 Å². The number of rotatable bonds is 3. The van der Waals surface area contributed by atoms with Gasteiger partial charge in [-0.2, -0.15) is 0 Å². The summed E-state index contributed by atoms with van der Waals surface area (Å²) in [6.45, 7) is 7.90. The minimum atomic E-state index is -2.87. The van der Waals surface area contributed by atoms with Crippen LogP contribution in [0.25, 0.3) is 0 Å². The predicted octanol–water partition coefficient (Wildman–Crippen LogP) is 1.91. The van der Waals surface area contributed by atoms with Gasteiger partial charge in [0, 0.05) is 0 Å². The average molecular weight is 333 g/mol. The van der Waals surface area contributed by atoms with E-state index in [9.17, 15) is 8.42 Å². The summed E-state index contributed by atoms with van der Waals surface area (Å²) in [7, 11) is -2.87. The molecule has 0 N–H and O–H groups in total. The standard InChI is InChI=1S/C9H11O2S.C2H5.Sn.2H/c1-6-4-5-9(12(10)11)8(3)7(6)2;1-2;;;/h4-5H,1-3H3;1H2,2H3;;;. The van der Waals surface area contributed by atoms with Crippen LogP contribution in [0.3, 0.4) is 0 Å². The molecule has 0 atom stereocenters. The van der Waals surface area contributed by atoms with E-state index in [-0.39, 0.29) is 0 Å². The van der Waals surface area contributed by atoms with Crippen LogP contribution in [0.4, 0.5) is 0 Å². The van der Waals surface area contributed by atoms with Crippen molar-refractivity contribution < 1.29 is 8.42 Å². The van der Waals surface area contributed by atoms with Gasteiger partial charge >= 0.3 is 101 Å². The van der Waals surface area contributed by atoms with Crippen LogP contribution in [-0.4, -0.2) is 28.2 Å². The van der Waals surface area contributed by atoms with Crippen molar-refractivity contribution in [3.8, 4) is 0 Å². The van der Waals surface area contributed by atoms with Crippen molar-refractivity contribution in [2.45, 2.75) is 37.0 Å². The zero-order valence-electron chi connectivity index (χ0n) is 9.79. The first kappa shape index (κ1) is 13.0. The molecule has 15 heavy (non-hydrogen) atoms. The van der Waals surface area contributed by atoms with Crippen molar-refractivity contribution in [3.05, 3.63) is 28.8 Å². The van der Waals surface area contributed by atoms with Gasteiger partial charge in [0.2, 0.25) is 0 Å². The van der Waals surface area contributed by atoms with E-state index in [1.807, 2.05) is 33.8 Å². The minimum absolute atomic E-state index is 0.586. The second-order valence-electron chi connectivity index (χ2n) is 3.95. The third-order valence-electron chi connectivity index (χ3n) is 2.82. The Morgan fingerprint density at radius 1 is 1.13 bits per heavy atom. The Labute approximate surface area is 101 Å². The van der Waals surface area contributed by atoms with E-state index in [0.29, 0.717) is 4.90 Å². The van der Waals surface area contributed by atoms with Gasteiger partial charge in [0.15, 0.2) is 0 Å². The van der Waals surface area contributed by atoms with E-state index in [4.69, 9.17) is 0 Å². The van der Waals surface area contributed by atoms with Gasteiger partial charge < -0.3 is 0 Å². The van der Waals surface area contributed by atoms with Gasteiger partial charge in [-0.1, -0.05) is 0 Å². The molecule has 0 amide bonds. The molecule has 1 aromatic rings. The molecular weight excluding hydrogens is 315 g/mol. The summed E-state index contributed by atoms with van der Waals surface area (Å²) in [5.74, 6) is 0. The molecule has 0 aliphatic rings. The van der Waals surface area contributed by atoms with Gasteiger partial charge in [-0.25, -0.2) is 0 Å². The zero-order valence-corrected chi connectivity index (χ0v) is 14.6. The Morgan fingerprint density at radius 3 is 2.27 bits per heavy atom. The summed E-state index contributed by atoms with van der Waals surface area (Å²) in [6.07, 6.45) is 0. The molecule has 1 aromatic carbocycles. The van der Waals surface area contributed by atoms with Crippen LogP contribution in [0.2, 0.25) is 4.44 Å². The molecule has 0 heterocycles. The molecule has 84 valence electrons. The predicted molar refractivity (Wildman–Crippen MR) is 66.9 cm³/mol. The van der Waals surface area contributed by atoms with Crippen LogP contribution in [0.5, 0.6) is 0 Å². The normalized spacial score (nSPS) is 12.5. The second kappa shape index (κ2) is 4.87. The van der Waals surface area contributed by atoms with Crippen molar-refractivity contribution in [1.82, 2.24) is 0 Å². The fourth-order valence-corrected chi connectivity index (χ4v) is 12.5. The summed E-state index contributed by atoms with van der Waals surface area (Å²) in [6, 6.07) is 3.69. The van der Waals surface area contributed by atoms with Gasteiger partial charge in [0.25, 0.3) is 0 Å². The van der Waals surface area contributed by atoms with E-state index in [2.05, 4.69) is 0 Å². The van der Waals surface area contributed by atoms with Crippen LogP contribution >= 0.6 is 0 Å². The molecule has 0 radical (unpaired) electrons. The van der Waals surface area contributed by atoms with Gasteiger partial charge in [0.1, 0.15) is 0 Å².